The lowest BCUT2D eigenvalue weighted by molar-refractivity contribution is 0.586. The lowest BCUT2D eigenvalue weighted by atomic mass is 9.68. The molecule has 0 saturated heterocycles. The molecule has 2 aliphatic rings. The van der Waals surface area contributed by atoms with E-state index in [1.165, 1.54) is 61.2 Å². The van der Waals surface area contributed by atoms with Crippen molar-refractivity contribution in [3.63, 3.8) is 0 Å². The Morgan fingerprint density at radius 2 is 0.696 bits per heavy atom. The molecule has 0 amide bonds. The molecule has 4 nitrogen and oxygen atoms in total. The smallest absolute Gasteiger partial charge is 0.227 e. The summed E-state index contributed by atoms with van der Waals surface area (Å²) in [6, 6.07) is 71.0. The van der Waals surface area contributed by atoms with Crippen molar-refractivity contribution in [1.82, 2.24) is 9.97 Å². The lowest BCUT2D eigenvalue weighted by Gasteiger charge is -2.33. The van der Waals surface area contributed by atoms with Gasteiger partial charge in [0.15, 0.2) is 11.2 Å². The van der Waals surface area contributed by atoms with E-state index in [1.807, 2.05) is 48.5 Å². The van der Waals surface area contributed by atoms with Gasteiger partial charge in [0.25, 0.3) is 0 Å². The molecule has 0 aliphatic heterocycles. The molecule has 2 heterocycles. The zero-order chi connectivity index (χ0) is 46.8. The third-order valence-electron chi connectivity index (χ3n) is 14.7. The first kappa shape index (κ1) is 41.1. The Bertz CT molecular complexity index is 3590. The van der Waals surface area contributed by atoms with Crippen LogP contribution in [-0.4, -0.2) is 9.97 Å². The molecule has 69 heavy (non-hydrogen) atoms. The van der Waals surface area contributed by atoms with E-state index in [4.69, 9.17) is 18.8 Å². The van der Waals surface area contributed by atoms with Crippen molar-refractivity contribution in [1.29, 1.82) is 0 Å². The minimum Gasteiger partial charge on any atom is -0.436 e. The molecule has 2 aromatic heterocycles. The van der Waals surface area contributed by atoms with Crippen molar-refractivity contribution in [2.75, 3.05) is 0 Å². The minimum atomic E-state index is -0.503. The molecule has 0 atom stereocenters. The summed E-state index contributed by atoms with van der Waals surface area (Å²) in [4.78, 5) is 9.58. The average Bonchev–Trinajstić information content (AvgIpc) is 4.14. The topological polar surface area (TPSA) is 52.1 Å². The second kappa shape index (κ2) is 15.0. The van der Waals surface area contributed by atoms with Crippen molar-refractivity contribution in [3.8, 4) is 78.5 Å². The van der Waals surface area contributed by atoms with Gasteiger partial charge in [-0.25, -0.2) is 9.97 Å². The molecule has 1 spiro atoms. The Morgan fingerprint density at radius 1 is 0.319 bits per heavy atom. The average molecular weight is 891 g/mol. The number of nitrogens with zero attached hydrogens (tertiary/aromatic N) is 2. The fourth-order valence-electron chi connectivity index (χ4n) is 11.0. The Kier molecular flexibility index (Phi) is 8.92. The van der Waals surface area contributed by atoms with Crippen LogP contribution >= 0.6 is 0 Å². The van der Waals surface area contributed by atoms with Crippen LogP contribution in [0.1, 0.15) is 74.9 Å². The monoisotopic (exact) mass is 890 g/mol. The van der Waals surface area contributed by atoms with Crippen LogP contribution < -0.4 is 0 Å². The number of hydrogen-bond donors (Lipinski definition) is 0. The second-order valence-electron chi connectivity index (χ2n) is 21.0. The molecule has 0 radical (unpaired) electrons. The van der Waals surface area contributed by atoms with Crippen LogP contribution in [0.15, 0.2) is 203 Å². The van der Waals surface area contributed by atoms with Gasteiger partial charge >= 0.3 is 0 Å². The molecular formula is C65H50N2O2. The van der Waals surface area contributed by atoms with Gasteiger partial charge in [0, 0.05) is 11.1 Å². The fraction of sp³-hybridized carbons (Fsp3) is 0.138. The number of hydrogen-bond acceptors (Lipinski definition) is 4. The Hall–Kier alpha value is -8.08. The highest BCUT2D eigenvalue weighted by molar-refractivity contribution is 5.97. The third-order valence-corrected chi connectivity index (χ3v) is 14.7. The quantitative estimate of drug-likeness (QED) is 0.173. The van der Waals surface area contributed by atoms with E-state index >= 15 is 0 Å². The zero-order valence-corrected chi connectivity index (χ0v) is 39.7. The highest BCUT2D eigenvalue weighted by Gasteiger charge is 2.52. The van der Waals surface area contributed by atoms with Crippen LogP contribution in [0, 0.1) is 0 Å². The highest BCUT2D eigenvalue weighted by Crippen LogP contribution is 2.64. The number of fused-ring (bicyclic) bond motifs is 12. The largest absolute Gasteiger partial charge is 0.436 e. The summed E-state index contributed by atoms with van der Waals surface area (Å²) in [7, 11) is 0. The van der Waals surface area contributed by atoms with Crippen LogP contribution in [0.5, 0.6) is 0 Å². The van der Waals surface area contributed by atoms with Crippen LogP contribution in [0.4, 0.5) is 0 Å². The van der Waals surface area contributed by atoms with Crippen LogP contribution in [0.2, 0.25) is 0 Å². The van der Waals surface area contributed by atoms with Crippen molar-refractivity contribution in [2.45, 2.75) is 57.8 Å². The third kappa shape index (κ3) is 6.50. The first-order valence-corrected chi connectivity index (χ1v) is 24.0. The summed E-state index contributed by atoms with van der Waals surface area (Å²) in [5, 5.41) is 0. The summed E-state index contributed by atoms with van der Waals surface area (Å²) in [6.45, 7) is 14.0. The summed E-state index contributed by atoms with van der Waals surface area (Å²) < 4.78 is 12.4. The standard InChI is InChI=1S/C65H50N2O2/c1-63(2,3)47-28-31-51-52-32-29-48(64(4,5)6)38-56(52)65(55(51)37-47)53-14-8-7-13-49(53)50-30-27-43(36-54(50)65)46-34-44(39-19-23-41(24-20-39)61-66-57-15-9-11-17-59(57)68-61)33-45(35-46)40-21-25-42(26-22-40)62-67-58-16-10-12-18-60(58)69-62/h7-38H,1-6H3. The van der Waals surface area contributed by atoms with Gasteiger partial charge < -0.3 is 8.83 Å². The predicted molar refractivity (Wildman–Crippen MR) is 282 cm³/mol. The van der Waals surface area contributed by atoms with Gasteiger partial charge in [0.05, 0.1) is 5.41 Å². The normalized spacial score (nSPS) is 13.5. The van der Waals surface area contributed by atoms with Crippen molar-refractivity contribution < 1.29 is 8.83 Å². The Morgan fingerprint density at radius 3 is 1.17 bits per heavy atom. The molecule has 0 saturated carbocycles. The highest BCUT2D eigenvalue weighted by atomic mass is 16.4. The Labute approximate surface area is 403 Å². The number of benzene rings is 9. The molecule has 0 N–H and O–H groups in total. The molecule has 11 aromatic rings. The van der Waals surface area contributed by atoms with Gasteiger partial charge in [0.1, 0.15) is 11.0 Å². The molecule has 9 aromatic carbocycles. The summed E-state index contributed by atoms with van der Waals surface area (Å²) in [5.74, 6) is 1.23. The minimum absolute atomic E-state index is 0.0250. The number of rotatable bonds is 5. The molecule has 13 rings (SSSR count). The maximum atomic E-state index is 6.18. The predicted octanol–water partition coefficient (Wildman–Crippen LogP) is 17.2. The molecular weight excluding hydrogens is 841 g/mol. The SMILES string of the molecule is CC(C)(C)c1ccc2c(c1)C1(c3ccccc3-c3ccc(-c4cc(-c5ccc(-c6nc7ccccc7o6)cc5)cc(-c5ccc(-c6nc7ccccc7o6)cc5)c4)cc31)c1cc(C(C)(C)C)ccc1-2. The van der Waals surface area contributed by atoms with E-state index in [1.54, 1.807) is 0 Å². The van der Waals surface area contributed by atoms with E-state index in [2.05, 4.69) is 187 Å². The van der Waals surface area contributed by atoms with Crippen LogP contribution in [-0.2, 0) is 16.2 Å². The molecule has 0 fully saturated rings. The number of para-hydroxylation sites is 4. The maximum Gasteiger partial charge on any atom is 0.227 e. The van der Waals surface area contributed by atoms with Crippen molar-refractivity contribution in [2.24, 2.45) is 0 Å². The first-order valence-electron chi connectivity index (χ1n) is 24.0. The first-order chi connectivity index (χ1) is 33.4. The molecule has 2 aliphatic carbocycles. The van der Waals surface area contributed by atoms with E-state index in [0.717, 1.165) is 61.1 Å². The summed E-state index contributed by atoms with van der Waals surface area (Å²) in [5.41, 5.74) is 24.7. The number of oxazole rings is 2. The Balaban J connectivity index is 0.999. The number of aromatic nitrogens is 2. The maximum absolute atomic E-state index is 6.18. The van der Waals surface area contributed by atoms with E-state index in [-0.39, 0.29) is 10.8 Å². The van der Waals surface area contributed by atoms with E-state index in [0.29, 0.717) is 11.8 Å². The van der Waals surface area contributed by atoms with Crippen LogP contribution in [0.25, 0.3) is 101 Å². The van der Waals surface area contributed by atoms with Gasteiger partial charge in [-0.3, -0.25) is 0 Å². The molecule has 332 valence electrons. The van der Waals surface area contributed by atoms with Gasteiger partial charge in [-0.05, 0) is 173 Å². The van der Waals surface area contributed by atoms with Crippen LogP contribution in [0.3, 0.4) is 0 Å². The van der Waals surface area contributed by atoms with Crippen molar-refractivity contribution in [3.05, 3.63) is 228 Å². The van der Waals surface area contributed by atoms with Gasteiger partial charge in [-0.1, -0.05) is 163 Å². The molecule has 4 heteroatoms. The molecule has 0 bridgehead atoms. The van der Waals surface area contributed by atoms with Gasteiger partial charge in [-0.15, -0.1) is 0 Å². The zero-order valence-electron chi connectivity index (χ0n) is 39.7. The van der Waals surface area contributed by atoms with E-state index < -0.39 is 5.41 Å². The van der Waals surface area contributed by atoms with Gasteiger partial charge in [-0.2, -0.15) is 0 Å². The van der Waals surface area contributed by atoms with E-state index in [9.17, 15) is 0 Å². The summed E-state index contributed by atoms with van der Waals surface area (Å²) in [6.07, 6.45) is 0. The molecule has 0 unspecified atom stereocenters. The second-order valence-corrected chi connectivity index (χ2v) is 21.0. The summed E-state index contributed by atoms with van der Waals surface area (Å²) >= 11 is 0. The van der Waals surface area contributed by atoms with Crippen molar-refractivity contribution >= 4 is 22.2 Å². The lowest BCUT2D eigenvalue weighted by Crippen LogP contribution is -2.27. The fourth-order valence-corrected chi connectivity index (χ4v) is 11.0. The van der Waals surface area contributed by atoms with Gasteiger partial charge in [0.2, 0.25) is 11.8 Å².